The van der Waals surface area contributed by atoms with Crippen molar-refractivity contribution in [3.05, 3.63) is 65.2 Å². The monoisotopic (exact) mass is 324 g/mol. The number of imide groups is 1. The summed E-state index contributed by atoms with van der Waals surface area (Å²) < 4.78 is 4.81. The van der Waals surface area contributed by atoms with Gasteiger partial charge in [0.15, 0.2) is 0 Å². The maximum atomic E-state index is 12.6. The number of methoxy groups -OCH3 is 1. The molecule has 0 spiro atoms. The van der Waals surface area contributed by atoms with Crippen LogP contribution in [0.25, 0.3) is 0 Å². The van der Waals surface area contributed by atoms with E-state index in [9.17, 15) is 14.4 Å². The van der Waals surface area contributed by atoms with Gasteiger partial charge < -0.3 is 10.5 Å². The van der Waals surface area contributed by atoms with Crippen molar-refractivity contribution in [1.82, 2.24) is 4.90 Å². The molecule has 2 N–H and O–H groups in total. The molecule has 122 valence electrons. The van der Waals surface area contributed by atoms with Crippen LogP contribution in [0.4, 0.5) is 5.69 Å². The summed E-state index contributed by atoms with van der Waals surface area (Å²) in [7, 11) is 1.23. The molecule has 24 heavy (non-hydrogen) atoms. The lowest BCUT2D eigenvalue weighted by Gasteiger charge is -2.24. The highest BCUT2D eigenvalue weighted by Gasteiger charge is 2.43. The summed E-state index contributed by atoms with van der Waals surface area (Å²) in [6, 6.07) is 12.4. The third-order valence-corrected chi connectivity index (χ3v) is 4.02. The Morgan fingerprint density at radius 2 is 1.58 bits per heavy atom. The molecule has 3 rings (SSSR count). The van der Waals surface area contributed by atoms with Gasteiger partial charge in [-0.3, -0.25) is 14.5 Å². The highest BCUT2D eigenvalue weighted by molar-refractivity contribution is 6.22. The maximum Gasteiger partial charge on any atom is 0.329 e. The molecule has 2 aromatic rings. The van der Waals surface area contributed by atoms with Crippen LogP contribution in [-0.4, -0.2) is 35.8 Å². The Morgan fingerprint density at radius 1 is 1.04 bits per heavy atom. The first-order valence-corrected chi connectivity index (χ1v) is 7.42. The summed E-state index contributed by atoms with van der Waals surface area (Å²) in [4.78, 5) is 38.4. The molecule has 0 aromatic heterocycles. The number of nitrogen functional groups attached to an aromatic ring is 1. The average Bonchev–Trinajstić information content (AvgIpc) is 2.85. The Kier molecular flexibility index (Phi) is 4.04. The topological polar surface area (TPSA) is 89.7 Å². The van der Waals surface area contributed by atoms with Crippen LogP contribution in [0.15, 0.2) is 48.5 Å². The van der Waals surface area contributed by atoms with Crippen LogP contribution < -0.4 is 5.73 Å². The van der Waals surface area contributed by atoms with E-state index in [1.807, 2.05) is 0 Å². The fourth-order valence-corrected chi connectivity index (χ4v) is 2.78. The normalized spacial score (nSPS) is 14.5. The number of hydrogen-bond donors (Lipinski definition) is 1. The summed E-state index contributed by atoms with van der Waals surface area (Å²) in [5.74, 6) is -1.61. The van der Waals surface area contributed by atoms with E-state index >= 15 is 0 Å². The number of benzene rings is 2. The van der Waals surface area contributed by atoms with Crippen molar-refractivity contribution in [3.63, 3.8) is 0 Å². The zero-order chi connectivity index (χ0) is 17.3. The molecule has 0 aliphatic carbocycles. The molecule has 6 nitrogen and oxygen atoms in total. The van der Waals surface area contributed by atoms with Crippen LogP contribution in [0.5, 0.6) is 0 Å². The second kappa shape index (κ2) is 6.16. The van der Waals surface area contributed by atoms with E-state index < -0.39 is 23.8 Å². The minimum absolute atomic E-state index is 0.165. The van der Waals surface area contributed by atoms with Crippen molar-refractivity contribution in [2.45, 2.75) is 12.5 Å². The highest BCUT2D eigenvalue weighted by atomic mass is 16.5. The average molecular weight is 324 g/mol. The van der Waals surface area contributed by atoms with E-state index in [0.29, 0.717) is 16.8 Å². The summed E-state index contributed by atoms with van der Waals surface area (Å²) in [5.41, 5.74) is 7.62. The van der Waals surface area contributed by atoms with Gasteiger partial charge in [0.1, 0.15) is 6.04 Å². The molecule has 6 heteroatoms. The molecule has 0 fully saturated rings. The van der Waals surface area contributed by atoms with Gasteiger partial charge >= 0.3 is 5.97 Å². The van der Waals surface area contributed by atoms with E-state index in [2.05, 4.69) is 0 Å². The minimum atomic E-state index is -1.02. The van der Waals surface area contributed by atoms with Crippen LogP contribution in [0.2, 0.25) is 0 Å². The molecule has 0 saturated carbocycles. The number of esters is 1. The first kappa shape index (κ1) is 15.7. The number of rotatable bonds is 4. The van der Waals surface area contributed by atoms with E-state index in [1.165, 1.54) is 7.11 Å². The van der Waals surface area contributed by atoms with Gasteiger partial charge in [-0.15, -0.1) is 0 Å². The minimum Gasteiger partial charge on any atom is -0.467 e. The van der Waals surface area contributed by atoms with Gasteiger partial charge in [-0.05, 0) is 29.8 Å². The van der Waals surface area contributed by atoms with Gasteiger partial charge in [0.05, 0.1) is 18.2 Å². The first-order chi connectivity index (χ1) is 11.5. The molecule has 2 aromatic carbocycles. The zero-order valence-corrected chi connectivity index (χ0v) is 13.1. The third kappa shape index (κ3) is 2.62. The van der Waals surface area contributed by atoms with E-state index in [1.54, 1.807) is 48.5 Å². The third-order valence-electron chi connectivity index (χ3n) is 4.02. The number of nitrogens with zero attached hydrogens (tertiary/aromatic N) is 1. The van der Waals surface area contributed by atoms with Gasteiger partial charge in [-0.25, -0.2) is 4.79 Å². The largest absolute Gasteiger partial charge is 0.467 e. The molecular weight excluding hydrogens is 308 g/mol. The van der Waals surface area contributed by atoms with Crippen molar-refractivity contribution in [3.8, 4) is 0 Å². The molecule has 0 radical (unpaired) electrons. The second-order valence-corrected chi connectivity index (χ2v) is 5.51. The fraction of sp³-hybridized carbons (Fsp3) is 0.167. The van der Waals surface area contributed by atoms with Crippen LogP contribution >= 0.6 is 0 Å². The predicted octanol–water partition coefficient (Wildman–Crippen LogP) is 1.65. The van der Waals surface area contributed by atoms with Gasteiger partial charge in [0.2, 0.25) is 0 Å². The molecule has 1 atom stereocenters. The maximum absolute atomic E-state index is 12.6. The van der Waals surface area contributed by atoms with E-state index in [-0.39, 0.29) is 6.42 Å². The van der Waals surface area contributed by atoms with E-state index in [0.717, 1.165) is 10.5 Å². The Hall–Kier alpha value is -3.15. The summed E-state index contributed by atoms with van der Waals surface area (Å²) >= 11 is 0. The lowest BCUT2D eigenvalue weighted by Crippen LogP contribution is -2.46. The Bertz CT molecular complexity index is 779. The summed E-state index contributed by atoms with van der Waals surface area (Å²) in [6.07, 6.45) is 0.165. The van der Waals surface area contributed by atoms with Gasteiger partial charge in [0.25, 0.3) is 11.8 Å². The molecule has 1 aliphatic rings. The number of carbonyl (C=O) groups excluding carboxylic acids is 3. The Labute approximate surface area is 138 Å². The van der Waals surface area contributed by atoms with Gasteiger partial charge in [0, 0.05) is 12.1 Å². The molecule has 1 aliphatic heterocycles. The van der Waals surface area contributed by atoms with E-state index in [4.69, 9.17) is 10.5 Å². The Morgan fingerprint density at radius 3 is 2.08 bits per heavy atom. The smallest absolute Gasteiger partial charge is 0.329 e. The molecule has 1 heterocycles. The summed E-state index contributed by atoms with van der Waals surface area (Å²) in [6.45, 7) is 0. The lowest BCUT2D eigenvalue weighted by molar-refractivity contribution is -0.145. The van der Waals surface area contributed by atoms with Crippen LogP contribution in [0, 0.1) is 0 Å². The summed E-state index contributed by atoms with van der Waals surface area (Å²) in [5, 5.41) is 0. The Balaban J connectivity index is 1.95. The lowest BCUT2D eigenvalue weighted by atomic mass is 10.0. The first-order valence-electron chi connectivity index (χ1n) is 7.42. The number of carbonyl (C=O) groups is 3. The highest BCUT2D eigenvalue weighted by Crippen LogP contribution is 2.26. The number of fused-ring (bicyclic) bond motifs is 1. The van der Waals surface area contributed by atoms with Crippen LogP contribution in [-0.2, 0) is 16.0 Å². The number of nitrogens with two attached hydrogens (primary N) is 1. The van der Waals surface area contributed by atoms with Gasteiger partial charge in [-0.2, -0.15) is 0 Å². The molecule has 0 bridgehead atoms. The van der Waals surface area contributed by atoms with Crippen LogP contribution in [0.1, 0.15) is 26.3 Å². The predicted molar refractivity (Wildman–Crippen MR) is 87.3 cm³/mol. The van der Waals surface area contributed by atoms with Crippen molar-refractivity contribution < 1.29 is 19.1 Å². The SMILES string of the molecule is COC(=O)[C@H](Cc1ccc(N)cc1)N1C(=O)c2ccccc2C1=O. The standard InChI is InChI=1S/C18H16N2O4/c1-24-18(23)15(10-11-6-8-12(19)9-7-11)20-16(21)13-4-2-3-5-14(13)17(20)22/h2-9,15H,10,19H2,1H3/t15-/m0/s1. The van der Waals surface area contributed by atoms with Crippen molar-refractivity contribution in [2.75, 3.05) is 12.8 Å². The number of ether oxygens (including phenoxy) is 1. The number of anilines is 1. The zero-order valence-electron chi connectivity index (χ0n) is 13.1. The second-order valence-electron chi connectivity index (χ2n) is 5.51. The van der Waals surface area contributed by atoms with Gasteiger partial charge in [-0.1, -0.05) is 24.3 Å². The van der Waals surface area contributed by atoms with Crippen molar-refractivity contribution in [1.29, 1.82) is 0 Å². The molecule has 0 saturated heterocycles. The van der Waals surface area contributed by atoms with Crippen molar-refractivity contribution >= 4 is 23.5 Å². The quantitative estimate of drug-likeness (QED) is 0.525. The number of hydrogen-bond acceptors (Lipinski definition) is 5. The molecule has 2 amide bonds. The fourth-order valence-electron chi connectivity index (χ4n) is 2.78. The molecule has 0 unspecified atom stereocenters. The van der Waals surface area contributed by atoms with Crippen LogP contribution in [0.3, 0.4) is 0 Å². The molecular formula is C18H16N2O4. The van der Waals surface area contributed by atoms with Crippen molar-refractivity contribution in [2.24, 2.45) is 0 Å². The number of amides is 2.